The molecule has 2 aromatic rings. The summed E-state index contributed by atoms with van der Waals surface area (Å²) in [6.45, 7) is 4.02. The van der Waals surface area contributed by atoms with Crippen LogP contribution in [-0.2, 0) is 4.74 Å². The number of aromatic nitrogens is 4. The average Bonchev–Trinajstić information content (AvgIpc) is 2.96. The molecule has 0 saturated carbocycles. The van der Waals surface area contributed by atoms with Crippen molar-refractivity contribution in [3.8, 4) is 5.88 Å². The molecule has 0 aromatic carbocycles. The summed E-state index contributed by atoms with van der Waals surface area (Å²) in [6, 6.07) is 0.270. The fourth-order valence-corrected chi connectivity index (χ4v) is 2.88. The Labute approximate surface area is 170 Å². The van der Waals surface area contributed by atoms with Crippen LogP contribution in [0.1, 0.15) is 13.3 Å². The van der Waals surface area contributed by atoms with Gasteiger partial charge in [0.1, 0.15) is 18.4 Å². The van der Waals surface area contributed by atoms with Crippen molar-refractivity contribution in [1.29, 1.82) is 0 Å². The van der Waals surface area contributed by atoms with Crippen molar-refractivity contribution in [3.05, 3.63) is 0 Å². The molecule has 1 fully saturated rings. The van der Waals surface area contributed by atoms with Gasteiger partial charge in [0.25, 0.3) is 0 Å². The van der Waals surface area contributed by atoms with E-state index in [-0.39, 0.29) is 76.3 Å². The first kappa shape index (κ1) is 15.6. The predicted octanol–water partition coefficient (Wildman–Crippen LogP) is -3.06. The van der Waals surface area contributed by atoms with Gasteiger partial charge in [0.2, 0.25) is 5.88 Å². The minimum absolute atomic E-state index is 0. The topological polar surface area (TPSA) is 100 Å². The van der Waals surface area contributed by atoms with Crippen LogP contribution in [0.4, 0.5) is 11.8 Å². The smallest absolute Gasteiger partial charge is 0.475 e. The molecule has 2 aliphatic rings. The van der Waals surface area contributed by atoms with Gasteiger partial charge in [-0.05, 0) is 19.0 Å². The number of nitrogens with two attached hydrogens (primary N) is 1. The van der Waals surface area contributed by atoms with Crippen molar-refractivity contribution in [1.82, 2.24) is 20.2 Å². The first-order valence-electron chi connectivity index (χ1n) is 6.70. The van der Waals surface area contributed by atoms with Gasteiger partial charge in [-0.15, -0.1) is 0 Å². The summed E-state index contributed by atoms with van der Waals surface area (Å²) in [5.74, 6) is 1.45. The molecule has 0 aliphatic carbocycles. The van der Waals surface area contributed by atoms with Gasteiger partial charge in [0.15, 0.2) is 0 Å². The zero-order valence-electron chi connectivity index (χ0n) is 12.1. The van der Waals surface area contributed by atoms with Crippen molar-refractivity contribution >= 4 is 22.8 Å². The van der Waals surface area contributed by atoms with Crippen LogP contribution in [-0.4, -0.2) is 47.0 Å². The molecule has 106 valence electrons. The van der Waals surface area contributed by atoms with E-state index in [4.69, 9.17) is 15.2 Å². The average molecular weight is 361 g/mol. The Balaban J connectivity index is 0.00000132. The number of rotatable bonds is 1. The van der Waals surface area contributed by atoms with Crippen LogP contribution >= 0.6 is 0 Å². The van der Waals surface area contributed by atoms with Crippen LogP contribution in [0.15, 0.2) is 0 Å². The molecule has 9 heteroatoms. The summed E-state index contributed by atoms with van der Waals surface area (Å²) in [7, 11) is 0. The Bertz CT molecular complexity index is 662. The number of hydrogen-bond donors (Lipinski definition) is 1. The molecule has 4 rings (SSSR count). The first-order valence-corrected chi connectivity index (χ1v) is 6.70. The van der Waals surface area contributed by atoms with E-state index in [1.807, 2.05) is 0 Å². The first-order chi connectivity index (χ1) is 9.72. The molecular weight excluding hydrogens is 346 g/mol. The van der Waals surface area contributed by atoms with Crippen LogP contribution in [0.2, 0.25) is 0 Å². The molecule has 2 atom stereocenters. The fraction of sp³-hybridized carbons (Fsp3) is 0.583. The van der Waals surface area contributed by atoms with E-state index >= 15 is 0 Å². The van der Waals surface area contributed by atoms with E-state index in [2.05, 4.69) is 32.0 Å². The Hall–Kier alpha value is -0.285. The summed E-state index contributed by atoms with van der Waals surface area (Å²) < 4.78 is 11.3. The zero-order chi connectivity index (χ0) is 13.7. The predicted molar refractivity (Wildman–Crippen MR) is 71.7 cm³/mol. The maximum absolute atomic E-state index is 5.78. The SMILES string of the molecule is CC1CC(N2CCOc3n[n-]c4nc(N)nc2c34)CO1.[Rb+]. The quantitative estimate of drug-likeness (QED) is 0.572. The van der Waals surface area contributed by atoms with Crippen molar-refractivity contribution in [3.63, 3.8) is 0 Å². The minimum atomic E-state index is 0. The van der Waals surface area contributed by atoms with E-state index in [9.17, 15) is 0 Å². The Kier molecular flexibility index (Phi) is 4.51. The number of nitrogens with zero attached hydrogens (tertiary/aromatic N) is 5. The van der Waals surface area contributed by atoms with Gasteiger partial charge in [-0.2, -0.15) is 0 Å². The van der Waals surface area contributed by atoms with E-state index in [0.29, 0.717) is 24.7 Å². The van der Waals surface area contributed by atoms with Gasteiger partial charge in [-0.3, -0.25) is 0 Å². The third-order valence-electron chi connectivity index (χ3n) is 3.80. The second-order valence-electron chi connectivity index (χ2n) is 5.18. The third-order valence-corrected chi connectivity index (χ3v) is 3.80. The number of nitrogen functional groups attached to an aromatic ring is 1. The van der Waals surface area contributed by atoms with Gasteiger partial charge in [0, 0.05) is 0 Å². The molecule has 2 N–H and O–H groups in total. The second kappa shape index (κ2) is 6.07. The van der Waals surface area contributed by atoms with Crippen LogP contribution in [0.5, 0.6) is 5.88 Å². The van der Waals surface area contributed by atoms with E-state index < -0.39 is 0 Å². The zero-order valence-corrected chi connectivity index (χ0v) is 17.0. The summed E-state index contributed by atoms with van der Waals surface area (Å²) >= 11 is 0. The van der Waals surface area contributed by atoms with Gasteiger partial charge < -0.3 is 30.2 Å². The van der Waals surface area contributed by atoms with Crippen LogP contribution in [0.3, 0.4) is 0 Å². The van der Waals surface area contributed by atoms with Gasteiger partial charge >= 0.3 is 58.2 Å². The van der Waals surface area contributed by atoms with Gasteiger partial charge in [-0.1, -0.05) is 0 Å². The van der Waals surface area contributed by atoms with Crippen molar-refractivity contribution in [2.45, 2.75) is 25.5 Å². The summed E-state index contributed by atoms with van der Waals surface area (Å²) in [5, 5.41) is 8.77. The molecule has 1 saturated heterocycles. The standard InChI is InChI=1S/C12H15N6O2.Rb/c1-6-4-7(5-20-6)18-2-3-19-11-8-9(16-17-11)14-12(13)15-10(8)18;/h6-7H,2-5H2,1H3,(H2-,13,14,15,16,17);/q-1;+1. The van der Waals surface area contributed by atoms with Crippen molar-refractivity contribution in [2.24, 2.45) is 0 Å². The molecule has 0 radical (unpaired) electrons. The summed E-state index contributed by atoms with van der Waals surface area (Å²) in [4.78, 5) is 10.7. The molecule has 8 nitrogen and oxygen atoms in total. The van der Waals surface area contributed by atoms with Crippen LogP contribution < -0.4 is 78.7 Å². The molecule has 0 amide bonds. The van der Waals surface area contributed by atoms with E-state index in [1.165, 1.54) is 0 Å². The number of anilines is 2. The van der Waals surface area contributed by atoms with Crippen molar-refractivity contribution in [2.75, 3.05) is 30.4 Å². The molecule has 4 heterocycles. The van der Waals surface area contributed by atoms with Gasteiger partial charge in [-0.25, -0.2) is 10.1 Å². The minimum Gasteiger partial charge on any atom is -0.475 e. The van der Waals surface area contributed by atoms with Crippen LogP contribution in [0.25, 0.3) is 11.0 Å². The van der Waals surface area contributed by atoms with Crippen molar-refractivity contribution < 1.29 is 67.7 Å². The molecular formula is C12H15N6O2Rb. The fourth-order valence-electron chi connectivity index (χ4n) is 2.88. The molecule has 0 spiro atoms. The third kappa shape index (κ3) is 2.72. The normalized spacial score (nSPS) is 24.5. The maximum Gasteiger partial charge on any atom is 1.00 e. The maximum atomic E-state index is 5.78. The largest absolute Gasteiger partial charge is 1.00 e. The second-order valence-corrected chi connectivity index (χ2v) is 5.18. The number of hydrogen-bond acceptors (Lipinski definition) is 7. The molecule has 2 aliphatic heterocycles. The summed E-state index contributed by atoms with van der Waals surface area (Å²) in [5.41, 5.74) is 6.27. The van der Waals surface area contributed by atoms with Crippen LogP contribution in [0, 0.1) is 0 Å². The Morgan fingerprint density at radius 1 is 1.38 bits per heavy atom. The molecule has 2 aromatic heterocycles. The van der Waals surface area contributed by atoms with E-state index in [0.717, 1.165) is 24.2 Å². The van der Waals surface area contributed by atoms with Gasteiger partial charge in [0.05, 0.1) is 30.7 Å². The number of ether oxygens (including phenoxy) is 2. The summed E-state index contributed by atoms with van der Waals surface area (Å²) in [6.07, 6.45) is 1.22. The molecule has 21 heavy (non-hydrogen) atoms. The Morgan fingerprint density at radius 3 is 3.00 bits per heavy atom. The molecule has 2 unspecified atom stereocenters. The Morgan fingerprint density at radius 2 is 2.24 bits per heavy atom. The monoisotopic (exact) mass is 360 g/mol. The molecule has 0 bridgehead atoms. The van der Waals surface area contributed by atoms with E-state index in [1.54, 1.807) is 0 Å².